The van der Waals surface area contributed by atoms with Crippen molar-refractivity contribution in [3.05, 3.63) is 17.0 Å². The molecule has 9 heteroatoms. The molecular weight excluding hydrogens is 370 g/mol. The molecule has 3 aliphatic rings. The number of aryl methyl sites for hydroxylation is 2. The van der Waals surface area contributed by atoms with E-state index in [9.17, 15) is 9.59 Å². The van der Waals surface area contributed by atoms with Crippen molar-refractivity contribution in [3.8, 4) is 0 Å². The third-order valence-electron chi connectivity index (χ3n) is 6.14. The number of aromatic nitrogens is 2. The summed E-state index contributed by atoms with van der Waals surface area (Å²) in [6, 6.07) is -0.525. The Hall–Kier alpha value is -2.84. The largest absolute Gasteiger partial charge is 0.352 e. The van der Waals surface area contributed by atoms with Gasteiger partial charge in [0.1, 0.15) is 5.92 Å². The van der Waals surface area contributed by atoms with Crippen LogP contribution in [0.4, 0.5) is 4.79 Å². The minimum absolute atomic E-state index is 0.0345. The van der Waals surface area contributed by atoms with Gasteiger partial charge in [0.2, 0.25) is 11.9 Å². The third kappa shape index (κ3) is 3.49. The van der Waals surface area contributed by atoms with E-state index in [1.165, 1.54) is 10.5 Å². The van der Waals surface area contributed by atoms with Crippen LogP contribution in [0, 0.1) is 19.8 Å². The minimum atomic E-state index is -0.659. The van der Waals surface area contributed by atoms with E-state index in [0.29, 0.717) is 12.5 Å². The number of likely N-dealkylation sites (N-methyl/N-ethyl adjacent to an activating group) is 1. The molecule has 3 amide bonds. The lowest BCUT2D eigenvalue weighted by Gasteiger charge is -2.32. The molecule has 1 aromatic rings. The highest BCUT2D eigenvalue weighted by Gasteiger charge is 2.42. The number of imide groups is 1. The average molecular weight is 397 g/mol. The molecule has 2 aliphatic heterocycles. The summed E-state index contributed by atoms with van der Waals surface area (Å²) < 4.78 is 1.88. The molecule has 9 nitrogen and oxygen atoms in total. The molecule has 1 atom stereocenters. The van der Waals surface area contributed by atoms with Gasteiger partial charge in [-0.15, -0.1) is 0 Å². The van der Waals surface area contributed by atoms with Gasteiger partial charge in [-0.05, 0) is 38.7 Å². The Bertz CT molecular complexity index is 937. The molecular formula is C20H27N7O2. The lowest BCUT2D eigenvalue weighted by Crippen LogP contribution is -2.52. The maximum atomic E-state index is 12.9. The monoisotopic (exact) mass is 397 g/mol. The van der Waals surface area contributed by atoms with Gasteiger partial charge in [-0.3, -0.25) is 14.4 Å². The van der Waals surface area contributed by atoms with E-state index < -0.39 is 11.9 Å². The van der Waals surface area contributed by atoms with Crippen molar-refractivity contribution in [2.75, 3.05) is 13.6 Å². The summed E-state index contributed by atoms with van der Waals surface area (Å²) in [5.74, 6) is -0.190. The number of nitrogens with zero attached hydrogens (tertiary/aromatic N) is 7. The predicted molar refractivity (Wildman–Crippen MR) is 110 cm³/mol. The van der Waals surface area contributed by atoms with Crippen molar-refractivity contribution < 1.29 is 9.59 Å². The number of hydrogen-bond acceptors (Lipinski definition) is 6. The highest BCUT2D eigenvalue weighted by molar-refractivity contribution is 6.27. The summed E-state index contributed by atoms with van der Waals surface area (Å²) in [4.78, 5) is 41.6. The first-order chi connectivity index (χ1) is 13.9. The van der Waals surface area contributed by atoms with Crippen LogP contribution in [0.1, 0.15) is 42.6 Å². The van der Waals surface area contributed by atoms with Gasteiger partial charge in [0.05, 0.1) is 5.69 Å². The molecule has 0 bridgehead atoms. The number of carbonyl (C=O) groups excluding carboxylic acids is 2. The molecule has 1 saturated carbocycles. The molecule has 0 aromatic carbocycles. The van der Waals surface area contributed by atoms with Gasteiger partial charge in [-0.1, -0.05) is 12.8 Å². The van der Waals surface area contributed by atoms with E-state index in [1.807, 2.05) is 30.6 Å². The summed E-state index contributed by atoms with van der Waals surface area (Å²) in [7, 11) is 3.84. The Morgan fingerprint density at radius 2 is 1.90 bits per heavy atom. The number of guanidine groups is 1. The maximum Gasteiger partial charge on any atom is 0.352 e. The summed E-state index contributed by atoms with van der Waals surface area (Å²) in [5.41, 5.74) is 3.38. The zero-order valence-electron chi connectivity index (χ0n) is 17.4. The van der Waals surface area contributed by atoms with Crippen LogP contribution in [-0.2, 0) is 18.3 Å². The Balaban J connectivity index is 1.48. The van der Waals surface area contributed by atoms with Crippen LogP contribution in [0.2, 0.25) is 0 Å². The van der Waals surface area contributed by atoms with Crippen LogP contribution in [0.3, 0.4) is 0 Å². The van der Waals surface area contributed by atoms with Crippen LogP contribution in [0.5, 0.6) is 0 Å². The number of aliphatic imine (C=N–C) groups is 3. The Kier molecular flexibility index (Phi) is 5.06. The number of fused-ring (bicyclic) bond motifs is 1. The van der Waals surface area contributed by atoms with Gasteiger partial charge < -0.3 is 4.90 Å². The van der Waals surface area contributed by atoms with E-state index in [-0.39, 0.29) is 17.8 Å². The first-order valence-electron chi connectivity index (χ1n) is 10.2. The second kappa shape index (κ2) is 7.53. The summed E-state index contributed by atoms with van der Waals surface area (Å²) in [5, 5.41) is 4.45. The van der Waals surface area contributed by atoms with Crippen molar-refractivity contribution in [1.29, 1.82) is 0 Å². The number of amidine groups is 1. The minimum Gasteiger partial charge on any atom is -0.344 e. The predicted octanol–water partition coefficient (Wildman–Crippen LogP) is 1.87. The molecule has 1 fully saturated rings. The van der Waals surface area contributed by atoms with E-state index >= 15 is 0 Å². The lowest BCUT2D eigenvalue weighted by atomic mass is 10.0. The SMILES string of the molecule is Cc1nn(C)c(C)c1CCN(C)C1=NC2=NC(=O)N(C3CCCC3)C(=O)C2C=N1. The number of carbonyl (C=O) groups is 2. The number of amides is 3. The van der Waals surface area contributed by atoms with Gasteiger partial charge in [0.15, 0.2) is 5.84 Å². The molecule has 1 aliphatic carbocycles. The summed E-state index contributed by atoms with van der Waals surface area (Å²) in [6.07, 6.45) is 6.18. The number of hydrogen-bond donors (Lipinski definition) is 0. The fourth-order valence-electron chi connectivity index (χ4n) is 4.31. The molecule has 0 radical (unpaired) electrons. The fraction of sp³-hybridized carbons (Fsp3) is 0.600. The van der Waals surface area contributed by atoms with E-state index in [4.69, 9.17) is 0 Å². The normalized spacial score (nSPS) is 22.1. The number of urea groups is 1. The van der Waals surface area contributed by atoms with Crippen LogP contribution >= 0.6 is 0 Å². The highest BCUT2D eigenvalue weighted by atomic mass is 16.2. The third-order valence-corrected chi connectivity index (χ3v) is 6.14. The smallest absolute Gasteiger partial charge is 0.344 e. The van der Waals surface area contributed by atoms with Crippen molar-refractivity contribution in [1.82, 2.24) is 19.6 Å². The van der Waals surface area contributed by atoms with Gasteiger partial charge in [-0.25, -0.2) is 9.79 Å². The van der Waals surface area contributed by atoms with Crippen LogP contribution in [-0.4, -0.2) is 69.2 Å². The highest BCUT2D eigenvalue weighted by Crippen LogP contribution is 2.28. The quantitative estimate of drug-likeness (QED) is 0.775. The zero-order valence-corrected chi connectivity index (χ0v) is 17.4. The Labute approximate surface area is 170 Å². The molecule has 0 N–H and O–H groups in total. The second-order valence-corrected chi connectivity index (χ2v) is 8.01. The first-order valence-corrected chi connectivity index (χ1v) is 10.2. The molecule has 1 unspecified atom stereocenters. The molecule has 0 saturated heterocycles. The standard InChI is InChI=1S/C20H27N7O2/c1-12-15(13(2)26(4)24-12)9-10-25(3)19-21-11-16-17(22-19)23-20(29)27(18(16)28)14-7-5-6-8-14/h11,14,16H,5-10H2,1-4H3. The molecule has 3 heterocycles. The van der Waals surface area contributed by atoms with Crippen LogP contribution in [0.15, 0.2) is 15.0 Å². The molecule has 4 rings (SSSR count). The van der Waals surface area contributed by atoms with Gasteiger partial charge in [-0.2, -0.15) is 15.1 Å². The summed E-state index contributed by atoms with van der Waals surface area (Å²) in [6.45, 7) is 4.76. The van der Waals surface area contributed by atoms with E-state index in [2.05, 4.69) is 27.0 Å². The Morgan fingerprint density at radius 3 is 2.55 bits per heavy atom. The first kappa shape index (κ1) is 19.5. The van der Waals surface area contributed by atoms with Gasteiger partial charge in [0.25, 0.3) is 0 Å². The van der Waals surface area contributed by atoms with E-state index in [1.54, 1.807) is 6.21 Å². The Morgan fingerprint density at radius 1 is 1.17 bits per heavy atom. The number of rotatable bonds is 4. The summed E-state index contributed by atoms with van der Waals surface area (Å²) >= 11 is 0. The topological polar surface area (TPSA) is 95.5 Å². The van der Waals surface area contributed by atoms with Crippen molar-refractivity contribution in [3.63, 3.8) is 0 Å². The lowest BCUT2D eigenvalue weighted by molar-refractivity contribution is -0.130. The van der Waals surface area contributed by atoms with Crippen LogP contribution in [0.25, 0.3) is 0 Å². The zero-order chi connectivity index (χ0) is 20.7. The fourth-order valence-corrected chi connectivity index (χ4v) is 4.31. The molecule has 154 valence electrons. The van der Waals surface area contributed by atoms with Gasteiger partial charge >= 0.3 is 6.03 Å². The van der Waals surface area contributed by atoms with Crippen LogP contribution < -0.4 is 0 Å². The van der Waals surface area contributed by atoms with Crippen molar-refractivity contribution >= 4 is 29.9 Å². The molecule has 29 heavy (non-hydrogen) atoms. The van der Waals surface area contributed by atoms with Crippen molar-refractivity contribution in [2.24, 2.45) is 27.9 Å². The molecule has 0 spiro atoms. The second-order valence-electron chi connectivity index (χ2n) is 8.01. The molecule has 1 aromatic heterocycles. The van der Waals surface area contributed by atoms with Gasteiger partial charge in [0, 0.05) is 38.6 Å². The van der Waals surface area contributed by atoms with Crippen molar-refractivity contribution in [2.45, 2.75) is 52.0 Å². The maximum absolute atomic E-state index is 12.9. The van der Waals surface area contributed by atoms with E-state index in [0.717, 1.165) is 43.5 Å². The average Bonchev–Trinajstić information content (AvgIpc) is 3.29.